The molecule has 1 amide bonds. The van der Waals surface area contributed by atoms with Crippen molar-refractivity contribution in [3.63, 3.8) is 0 Å². The lowest BCUT2D eigenvalue weighted by Crippen LogP contribution is -2.45. The molecule has 5 atom stereocenters. The average Bonchev–Trinajstić information content (AvgIpc) is 3.68. The highest BCUT2D eigenvalue weighted by molar-refractivity contribution is 14.1. The van der Waals surface area contributed by atoms with Crippen LogP contribution in [0.2, 0.25) is 18.6 Å². The van der Waals surface area contributed by atoms with Crippen LogP contribution in [-0.4, -0.2) is 52.0 Å². The molecular formula is C33H35FIN5O5Si. The first-order chi connectivity index (χ1) is 21.9. The Balaban J connectivity index is 1.33. The molecular weight excluding hydrogens is 720 g/mol. The summed E-state index contributed by atoms with van der Waals surface area (Å²) < 4.78 is 25.7. The van der Waals surface area contributed by atoms with Crippen molar-refractivity contribution in [2.45, 2.75) is 62.7 Å². The number of benzene rings is 3. The second-order valence-electron chi connectivity index (χ2n) is 12.6. The van der Waals surface area contributed by atoms with Gasteiger partial charge in [-0.3, -0.25) is 19.6 Å². The zero-order valence-electron chi connectivity index (χ0n) is 25.7. The van der Waals surface area contributed by atoms with E-state index < -0.39 is 36.5 Å². The molecule has 6 rings (SSSR count). The number of ether oxygens (including phenoxy) is 1. The van der Waals surface area contributed by atoms with Crippen LogP contribution in [0.25, 0.3) is 0 Å². The summed E-state index contributed by atoms with van der Waals surface area (Å²) in [5.41, 5.74) is 1.08. The fourth-order valence-electron chi connectivity index (χ4n) is 7.24. The van der Waals surface area contributed by atoms with Gasteiger partial charge in [0.1, 0.15) is 0 Å². The Bertz CT molecular complexity index is 1750. The van der Waals surface area contributed by atoms with E-state index in [2.05, 4.69) is 32.9 Å². The third kappa shape index (κ3) is 5.78. The van der Waals surface area contributed by atoms with Gasteiger partial charge in [0.25, 0.3) is 11.6 Å². The Morgan fingerprint density at radius 2 is 1.87 bits per heavy atom. The predicted octanol–water partition coefficient (Wildman–Crippen LogP) is 6.33. The molecule has 1 unspecified atom stereocenters. The number of carbonyl (C=O) groups excluding carboxylic acids is 1. The Kier molecular flexibility index (Phi) is 8.86. The van der Waals surface area contributed by atoms with Crippen molar-refractivity contribution in [1.82, 2.24) is 15.0 Å². The summed E-state index contributed by atoms with van der Waals surface area (Å²) in [6.07, 6.45) is 1.48. The van der Waals surface area contributed by atoms with E-state index >= 15 is 4.11 Å². The highest BCUT2D eigenvalue weighted by atomic mass is 127. The van der Waals surface area contributed by atoms with Crippen LogP contribution in [0.1, 0.15) is 41.6 Å². The summed E-state index contributed by atoms with van der Waals surface area (Å²) in [4.78, 5) is 27.6. The van der Waals surface area contributed by atoms with Crippen molar-refractivity contribution in [2.24, 2.45) is 5.92 Å². The number of halogens is 2. The van der Waals surface area contributed by atoms with Crippen molar-refractivity contribution in [3.8, 4) is 0 Å². The molecule has 2 aliphatic heterocycles. The van der Waals surface area contributed by atoms with Crippen LogP contribution >= 0.6 is 22.6 Å². The van der Waals surface area contributed by atoms with Crippen molar-refractivity contribution < 1.29 is 23.7 Å². The smallest absolute Gasteiger partial charge is 0.269 e. The summed E-state index contributed by atoms with van der Waals surface area (Å²) in [6.45, 7) is 5.55. The monoisotopic (exact) mass is 755 g/mol. The predicted molar refractivity (Wildman–Crippen MR) is 182 cm³/mol. The van der Waals surface area contributed by atoms with E-state index in [-0.39, 0.29) is 30.7 Å². The lowest BCUT2D eigenvalue weighted by molar-refractivity contribution is -0.385. The number of aromatic nitrogens is 3. The summed E-state index contributed by atoms with van der Waals surface area (Å²) in [7, 11) is -3.44. The third-order valence-electron chi connectivity index (χ3n) is 9.35. The van der Waals surface area contributed by atoms with Crippen LogP contribution in [0.4, 0.5) is 15.5 Å². The minimum absolute atomic E-state index is 0.134. The molecule has 3 aromatic carbocycles. The summed E-state index contributed by atoms with van der Waals surface area (Å²) >= 11 is 2.22. The van der Waals surface area contributed by atoms with Crippen LogP contribution in [0, 0.1) is 19.6 Å². The van der Waals surface area contributed by atoms with Crippen LogP contribution < -0.4 is 4.90 Å². The number of aliphatic hydroxyl groups is 1. The van der Waals surface area contributed by atoms with Crippen LogP contribution in [0.15, 0.2) is 79.0 Å². The van der Waals surface area contributed by atoms with Gasteiger partial charge in [0.15, 0.2) is 5.60 Å². The van der Waals surface area contributed by atoms with Gasteiger partial charge in [0.2, 0.25) is 8.41 Å². The first-order valence-corrected chi connectivity index (χ1v) is 19.2. The number of nitro benzene ring substituents is 1. The maximum Gasteiger partial charge on any atom is 0.269 e. The number of non-ortho nitro benzene ring substituents is 1. The number of aliphatic hydroxyl groups excluding tert-OH is 1. The molecule has 240 valence electrons. The molecule has 4 aromatic rings. The van der Waals surface area contributed by atoms with Crippen LogP contribution in [0.3, 0.4) is 0 Å². The zero-order valence-corrected chi connectivity index (χ0v) is 28.9. The first kappa shape index (κ1) is 32.4. The summed E-state index contributed by atoms with van der Waals surface area (Å²) in [5, 5.41) is 30.5. The molecule has 0 aliphatic carbocycles. The Hall–Kier alpha value is -3.53. The Morgan fingerprint density at radius 3 is 2.52 bits per heavy atom. The average molecular weight is 756 g/mol. The first-order valence-electron chi connectivity index (χ1n) is 15.2. The molecule has 10 nitrogen and oxygen atoms in total. The number of fused-ring (bicyclic) bond motifs is 2. The molecule has 1 fully saturated rings. The van der Waals surface area contributed by atoms with Crippen LogP contribution in [0.5, 0.6) is 0 Å². The van der Waals surface area contributed by atoms with Gasteiger partial charge in [-0.25, -0.2) is 0 Å². The number of aryl methyl sites for hydroxylation is 1. The number of hydrogen-bond donors (Lipinski definition) is 1. The molecule has 2 aliphatic rings. The van der Waals surface area contributed by atoms with Gasteiger partial charge < -0.3 is 18.9 Å². The van der Waals surface area contributed by atoms with Gasteiger partial charge in [0.05, 0.1) is 41.5 Å². The number of hydrogen-bond acceptors (Lipinski definition) is 7. The van der Waals surface area contributed by atoms with Gasteiger partial charge in [-0.1, -0.05) is 54.6 Å². The van der Waals surface area contributed by atoms with E-state index in [0.29, 0.717) is 29.9 Å². The molecule has 3 heterocycles. The molecule has 13 heteroatoms. The maximum atomic E-state index is 16.3. The lowest BCUT2D eigenvalue weighted by Gasteiger charge is -2.31. The van der Waals surface area contributed by atoms with E-state index in [0.717, 1.165) is 14.7 Å². The fourth-order valence-corrected chi connectivity index (χ4v) is 10.1. The normalized spacial score (nSPS) is 23.2. The van der Waals surface area contributed by atoms with Crippen molar-refractivity contribution >= 4 is 48.3 Å². The number of carbonyl (C=O) groups is 1. The summed E-state index contributed by atoms with van der Waals surface area (Å²) in [5.74, 6) is -1.26. The van der Waals surface area contributed by atoms with E-state index in [1.807, 2.05) is 61.5 Å². The highest BCUT2D eigenvalue weighted by Crippen LogP contribution is 2.60. The third-order valence-corrected chi connectivity index (χ3v) is 12.5. The van der Waals surface area contributed by atoms with Gasteiger partial charge in [-0.2, -0.15) is 0 Å². The fraction of sp³-hybridized carbons (Fsp3) is 0.364. The summed E-state index contributed by atoms with van der Waals surface area (Å²) in [6, 6.07) is 21.8. The molecule has 0 bridgehead atoms. The van der Waals surface area contributed by atoms with Crippen LogP contribution in [-0.2, 0) is 28.2 Å². The molecule has 46 heavy (non-hydrogen) atoms. The van der Waals surface area contributed by atoms with Crippen molar-refractivity contribution in [1.29, 1.82) is 0 Å². The quantitative estimate of drug-likeness (QED) is 0.0661. The zero-order chi connectivity index (χ0) is 32.8. The van der Waals surface area contributed by atoms with Crippen molar-refractivity contribution in [2.75, 3.05) is 11.5 Å². The Morgan fingerprint density at radius 1 is 1.15 bits per heavy atom. The lowest BCUT2D eigenvalue weighted by atomic mass is 9.82. The molecule has 1 saturated heterocycles. The molecule has 1 aromatic heterocycles. The van der Waals surface area contributed by atoms with Gasteiger partial charge in [-0.15, -0.1) is 5.10 Å². The number of rotatable bonds is 10. The Labute approximate surface area is 281 Å². The van der Waals surface area contributed by atoms with Gasteiger partial charge in [0, 0.05) is 45.5 Å². The second kappa shape index (κ2) is 12.6. The second-order valence-corrected chi connectivity index (χ2v) is 17.6. The minimum Gasteiger partial charge on any atom is -0.395 e. The van der Waals surface area contributed by atoms with E-state index in [4.69, 9.17) is 4.74 Å². The molecule has 1 spiro atoms. The van der Waals surface area contributed by atoms with Crippen molar-refractivity contribution in [3.05, 3.63) is 115 Å². The standard InChI is InChI=1S/C33H35FIN5O5Si/c1-21-31(46(2,3)34)30(15-16-38-19-28(36-37-38)26(20-41)23-7-5-4-6-8-23)45-33(21)27-17-25(40(43)44)13-14-29(27)39(32(33)42)18-22-9-11-24(35)12-10-22/h4-14,17,19,21,26,30-31,41H,15-16,18,20H2,1-3H3/t21-,26?,30+,31-,33+/m1/s1. The SMILES string of the molecule is C[C@@H]1[C@@H]([Si](C)(C)F)[C@H](CCn2cc(C(CO)c3ccccc3)nn2)O[C@@]12C(=O)N(Cc1ccc(I)cc1)c1ccc([N+](=O)[O-])cc12. The number of anilines is 1. The number of nitro groups is 1. The van der Waals surface area contributed by atoms with E-state index in [1.165, 1.54) is 12.1 Å². The number of amides is 1. The maximum absolute atomic E-state index is 16.3. The van der Waals surface area contributed by atoms with Gasteiger partial charge >= 0.3 is 0 Å². The van der Waals surface area contributed by atoms with E-state index in [1.54, 1.807) is 34.9 Å². The van der Waals surface area contributed by atoms with E-state index in [9.17, 15) is 20.0 Å². The minimum atomic E-state index is -3.44. The van der Waals surface area contributed by atoms with Gasteiger partial charge in [-0.05, 0) is 71.4 Å². The molecule has 0 radical (unpaired) electrons. The topological polar surface area (TPSA) is 124 Å². The number of nitrogens with zero attached hydrogens (tertiary/aromatic N) is 5. The highest BCUT2D eigenvalue weighted by Gasteiger charge is 2.66. The molecule has 0 saturated carbocycles. The largest absolute Gasteiger partial charge is 0.395 e. The molecule has 1 N–H and O–H groups in total.